The van der Waals surface area contributed by atoms with Crippen LogP contribution in [-0.2, 0) is 6.42 Å². The topological polar surface area (TPSA) is 96.6 Å². The Hall–Kier alpha value is -4.26. The van der Waals surface area contributed by atoms with Crippen molar-refractivity contribution in [2.45, 2.75) is 26.2 Å². The molecule has 0 spiro atoms. The molecule has 2 amide bonds. The first-order valence-electron chi connectivity index (χ1n) is 10.8. The summed E-state index contributed by atoms with van der Waals surface area (Å²) in [4.78, 5) is 29.9. The van der Waals surface area contributed by atoms with Gasteiger partial charge in [-0.15, -0.1) is 0 Å². The van der Waals surface area contributed by atoms with Gasteiger partial charge in [-0.3, -0.25) is 14.6 Å². The number of anilines is 1. The summed E-state index contributed by atoms with van der Waals surface area (Å²) in [6, 6.07) is 18.4. The van der Waals surface area contributed by atoms with E-state index in [1.54, 1.807) is 30.5 Å². The Balaban J connectivity index is 1.41. The second kappa shape index (κ2) is 8.70. The van der Waals surface area contributed by atoms with E-state index >= 15 is 0 Å². The number of nitrogens with one attached hydrogen (secondary N) is 2. The van der Waals surface area contributed by atoms with Crippen LogP contribution in [0.25, 0.3) is 10.9 Å². The predicted octanol–water partition coefficient (Wildman–Crippen LogP) is 4.86. The highest BCUT2D eigenvalue weighted by Gasteiger charge is 2.28. The third kappa shape index (κ3) is 4.01. The SMILES string of the molecule is Cc1c(C(=O)Nc2cccc3cccnc23)oc2c1/C(=N/NC(=O)c1ccccc1)CCC2. The molecule has 2 N–H and O–H groups in total. The van der Waals surface area contributed by atoms with Gasteiger partial charge < -0.3 is 9.73 Å². The van der Waals surface area contributed by atoms with Gasteiger partial charge in [-0.1, -0.05) is 36.4 Å². The Kier molecular flexibility index (Phi) is 5.44. The number of nitrogens with zero attached hydrogens (tertiary/aromatic N) is 2. The van der Waals surface area contributed by atoms with E-state index < -0.39 is 0 Å². The molecule has 5 rings (SSSR count). The highest BCUT2D eigenvalue weighted by Crippen LogP contribution is 2.31. The van der Waals surface area contributed by atoms with Crippen LogP contribution in [0, 0.1) is 6.92 Å². The number of benzene rings is 2. The van der Waals surface area contributed by atoms with Crippen LogP contribution in [0.15, 0.2) is 76.4 Å². The van der Waals surface area contributed by atoms with E-state index in [0.29, 0.717) is 46.6 Å². The number of aryl methyl sites for hydroxylation is 1. The fourth-order valence-corrected chi connectivity index (χ4v) is 4.15. The summed E-state index contributed by atoms with van der Waals surface area (Å²) in [6.45, 7) is 1.85. The van der Waals surface area contributed by atoms with Crippen molar-refractivity contribution in [3.63, 3.8) is 0 Å². The van der Waals surface area contributed by atoms with Crippen LogP contribution in [0.5, 0.6) is 0 Å². The van der Waals surface area contributed by atoms with Crippen molar-refractivity contribution in [3.8, 4) is 0 Å². The van der Waals surface area contributed by atoms with Crippen molar-refractivity contribution in [3.05, 3.63) is 95.1 Å². The van der Waals surface area contributed by atoms with Gasteiger partial charge in [0.2, 0.25) is 0 Å². The van der Waals surface area contributed by atoms with E-state index in [1.165, 1.54) is 0 Å². The molecule has 0 atom stereocenters. The molecule has 0 aliphatic heterocycles. The minimum absolute atomic E-state index is 0.247. The van der Waals surface area contributed by atoms with Gasteiger partial charge in [0.15, 0.2) is 5.76 Å². The fraction of sp³-hybridized carbons (Fsp3) is 0.154. The summed E-state index contributed by atoms with van der Waals surface area (Å²) in [5.74, 6) is 0.343. The maximum Gasteiger partial charge on any atom is 0.291 e. The average molecular weight is 438 g/mol. The first-order chi connectivity index (χ1) is 16.1. The number of amides is 2. The monoisotopic (exact) mass is 438 g/mol. The third-order valence-corrected chi connectivity index (χ3v) is 5.74. The average Bonchev–Trinajstić information content (AvgIpc) is 3.20. The van der Waals surface area contributed by atoms with Crippen LogP contribution in [0.3, 0.4) is 0 Å². The molecule has 0 saturated heterocycles. The zero-order valence-corrected chi connectivity index (χ0v) is 18.1. The molecular formula is C26H22N4O3. The van der Waals surface area contributed by atoms with Crippen LogP contribution in [-0.4, -0.2) is 22.5 Å². The molecule has 7 heteroatoms. The number of carbonyl (C=O) groups excluding carboxylic acids is 2. The van der Waals surface area contributed by atoms with Gasteiger partial charge in [0.25, 0.3) is 11.8 Å². The Morgan fingerprint density at radius 3 is 2.64 bits per heavy atom. The van der Waals surface area contributed by atoms with Gasteiger partial charge >= 0.3 is 0 Å². The molecule has 2 aromatic carbocycles. The first kappa shape index (κ1) is 20.6. The lowest BCUT2D eigenvalue weighted by atomic mass is 9.93. The molecule has 0 fully saturated rings. The molecule has 0 radical (unpaired) electrons. The Bertz CT molecular complexity index is 1380. The van der Waals surface area contributed by atoms with Crippen molar-refractivity contribution < 1.29 is 14.0 Å². The van der Waals surface area contributed by atoms with E-state index in [1.807, 2.05) is 43.3 Å². The number of pyridine rings is 1. The Morgan fingerprint density at radius 2 is 1.79 bits per heavy atom. The van der Waals surface area contributed by atoms with Crippen molar-refractivity contribution in [1.29, 1.82) is 0 Å². The summed E-state index contributed by atoms with van der Waals surface area (Å²) in [6.07, 6.45) is 3.93. The second-order valence-corrected chi connectivity index (χ2v) is 7.91. The van der Waals surface area contributed by atoms with E-state index in [2.05, 4.69) is 20.8 Å². The van der Waals surface area contributed by atoms with E-state index in [0.717, 1.165) is 17.4 Å². The highest BCUT2D eigenvalue weighted by molar-refractivity contribution is 6.11. The number of hydrazone groups is 1. The number of aromatic nitrogens is 1. The largest absolute Gasteiger partial charge is 0.455 e. The lowest BCUT2D eigenvalue weighted by molar-refractivity contribution is 0.0953. The summed E-state index contributed by atoms with van der Waals surface area (Å²) in [5, 5.41) is 8.25. The van der Waals surface area contributed by atoms with Crippen LogP contribution in [0.1, 0.15) is 50.6 Å². The zero-order valence-electron chi connectivity index (χ0n) is 18.1. The molecule has 0 bridgehead atoms. The normalized spacial score (nSPS) is 14.2. The number of carbonyl (C=O) groups is 2. The maximum absolute atomic E-state index is 13.1. The zero-order chi connectivity index (χ0) is 22.8. The van der Waals surface area contributed by atoms with Gasteiger partial charge in [0.05, 0.1) is 16.9 Å². The molecule has 0 unspecified atom stereocenters. The molecule has 1 aliphatic rings. The van der Waals surface area contributed by atoms with E-state index in [-0.39, 0.29) is 17.6 Å². The highest BCUT2D eigenvalue weighted by atomic mass is 16.4. The van der Waals surface area contributed by atoms with Crippen LogP contribution in [0.4, 0.5) is 5.69 Å². The summed E-state index contributed by atoms with van der Waals surface area (Å²) in [5.41, 5.74) is 6.73. The van der Waals surface area contributed by atoms with Crippen molar-refractivity contribution >= 4 is 34.1 Å². The minimum atomic E-state index is -0.340. The van der Waals surface area contributed by atoms with Gasteiger partial charge in [0.1, 0.15) is 5.76 Å². The first-order valence-corrected chi connectivity index (χ1v) is 10.8. The minimum Gasteiger partial charge on any atom is -0.455 e. The lowest BCUT2D eigenvalue weighted by Gasteiger charge is -2.13. The van der Waals surface area contributed by atoms with E-state index in [4.69, 9.17) is 4.42 Å². The van der Waals surface area contributed by atoms with Crippen LogP contribution in [0.2, 0.25) is 0 Å². The van der Waals surface area contributed by atoms with Gasteiger partial charge in [-0.2, -0.15) is 5.10 Å². The number of fused-ring (bicyclic) bond motifs is 2. The third-order valence-electron chi connectivity index (χ3n) is 5.74. The van der Waals surface area contributed by atoms with Crippen molar-refractivity contribution in [1.82, 2.24) is 10.4 Å². The molecule has 0 saturated carbocycles. The number of furan rings is 1. The molecule has 7 nitrogen and oxygen atoms in total. The van der Waals surface area contributed by atoms with Crippen LogP contribution < -0.4 is 10.7 Å². The lowest BCUT2D eigenvalue weighted by Crippen LogP contribution is -2.22. The molecule has 1 aliphatic carbocycles. The number of hydrogen-bond donors (Lipinski definition) is 2. The smallest absolute Gasteiger partial charge is 0.291 e. The maximum atomic E-state index is 13.1. The van der Waals surface area contributed by atoms with Gasteiger partial charge in [-0.25, -0.2) is 5.43 Å². The molecule has 164 valence electrons. The second-order valence-electron chi connectivity index (χ2n) is 7.91. The van der Waals surface area contributed by atoms with Crippen molar-refractivity contribution in [2.24, 2.45) is 5.10 Å². The molecular weight excluding hydrogens is 416 g/mol. The summed E-state index contributed by atoms with van der Waals surface area (Å²) >= 11 is 0. The quantitative estimate of drug-likeness (QED) is 0.445. The number of hydrogen-bond acceptors (Lipinski definition) is 5. The number of rotatable bonds is 4. The van der Waals surface area contributed by atoms with Gasteiger partial charge in [0, 0.05) is 34.7 Å². The van der Waals surface area contributed by atoms with Crippen molar-refractivity contribution in [2.75, 3.05) is 5.32 Å². The fourth-order valence-electron chi connectivity index (χ4n) is 4.15. The molecule has 2 aromatic heterocycles. The summed E-state index contributed by atoms with van der Waals surface area (Å²) in [7, 11) is 0. The molecule has 33 heavy (non-hydrogen) atoms. The molecule has 2 heterocycles. The predicted molar refractivity (Wildman–Crippen MR) is 127 cm³/mol. The van der Waals surface area contributed by atoms with Gasteiger partial charge in [-0.05, 0) is 44.0 Å². The van der Waals surface area contributed by atoms with Crippen LogP contribution >= 0.6 is 0 Å². The summed E-state index contributed by atoms with van der Waals surface area (Å²) < 4.78 is 5.98. The number of para-hydroxylation sites is 1. The molecule has 4 aromatic rings. The van der Waals surface area contributed by atoms with E-state index in [9.17, 15) is 9.59 Å². The Labute approximate surface area is 190 Å². The standard InChI is InChI=1S/C26H22N4O3/c1-16-22-19(29-30-25(31)18-8-3-2-4-9-18)12-6-14-21(22)33-24(16)26(32)28-20-13-5-10-17-11-7-15-27-23(17)20/h2-5,7-11,13,15H,6,12,14H2,1H3,(H,28,32)(H,30,31)/b29-19+. The Morgan fingerprint density at radius 1 is 0.970 bits per heavy atom.